The van der Waals surface area contributed by atoms with Gasteiger partial charge in [-0.3, -0.25) is 0 Å². The topological polar surface area (TPSA) is 49.4 Å². The van der Waals surface area contributed by atoms with Crippen molar-refractivity contribution < 1.29 is 8.42 Å². The molecule has 5 heteroatoms. The van der Waals surface area contributed by atoms with Gasteiger partial charge in [0.2, 0.25) is 10.0 Å². The predicted molar refractivity (Wildman–Crippen MR) is 70.1 cm³/mol. The van der Waals surface area contributed by atoms with Gasteiger partial charge in [0.15, 0.2) is 0 Å². The summed E-state index contributed by atoms with van der Waals surface area (Å²) < 4.78 is 24.6. The molecule has 0 aliphatic carbocycles. The maximum Gasteiger partial charge on any atom is 0.217 e. The largest absolute Gasteiger partial charge is 0.313 e. The molecule has 4 nitrogen and oxygen atoms in total. The number of sulfonamides is 1. The summed E-state index contributed by atoms with van der Waals surface area (Å²) in [5.74, 6) is 0.0570. The van der Waals surface area contributed by atoms with E-state index in [0.29, 0.717) is 0 Å². The molecule has 0 saturated carbocycles. The zero-order valence-corrected chi connectivity index (χ0v) is 11.4. The van der Waals surface area contributed by atoms with Gasteiger partial charge in [0.1, 0.15) is 0 Å². The van der Waals surface area contributed by atoms with Crippen molar-refractivity contribution >= 4 is 10.0 Å². The van der Waals surface area contributed by atoms with E-state index in [2.05, 4.69) is 12.2 Å². The number of nitrogens with zero attached hydrogens (tertiary/aromatic N) is 1. The lowest BCUT2D eigenvalue weighted by Crippen LogP contribution is -2.23. The SMILES string of the molecule is CCNCc1ccc(CS(=O)(=O)N(C)C)cc1. The van der Waals surface area contributed by atoms with Crippen molar-refractivity contribution in [1.82, 2.24) is 9.62 Å². The Morgan fingerprint density at radius 3 is 2.12 bits per heavy atom. The molecule has 0 heterocycles. The number of hydrogen-bond donors (Lipinski definition) is 1. The van der Waals surface area contributed by atoms with Crippen LogP contribution in [-0.4, -0.2) is 33.4 Å². The first kappa shape index (κ1) is 14.2. The Balaban J connectivity index is 2.69. The maximum absolute atomic E-state index is 11.7. The lowest BCUT2D eigenvalue weighted by molar-refractivity contribution is 0.519. The zero-order chi connectivity index (χ0) is 12.9. The number of hydrogen-bond acceptors (Lipinski definition) is 3. The Hall–Kier alpha value is -0.910. The van der Waals surface area contributed by atoms with Gasteiger partial charge in [0.05, 0.1) is 5.75 Å². The molecule has 1 aromatic rings. The monoisotopic (exact) mass is 256 g/mol. The first-order chi connectivity index (χ1) is 7.95. The van der Waals surface area contributed by atoms with Crippen LogP contribution in [0.5, 0.6) is 0 Å². The van der Waals surface area contributed by atoms with Crippen molar-refractivity contribution in [2.75, 3.05) is 20.6 Å². The molecule has 0 amide bonds. The van der Waals surface area contributed by atoms with Crippen LogP contribution in [0.15, 0.2) is 24.3 Å². The Morgan fingerprint density at radius 2 is 1.65 bits per heavy atom. The first-order valence-corrected chi connectivity index (χ1v) is 7.25. The highest BCUT2D eigenvalue weighted by molar-refractivity contribution is 7.88. The Kier molecular flexibility index (Phi) is 5.11. The van der Waals surface area contributed by atoms with Gasteiger partial charge in [-0.15, -0.1) is 0 Å². The fraction of sp³-hybridized carbons (Fsp3) is 0.500. The lowest BCUT2D eigenvalue weighted by atomic mass is 10.1. The average molecular weight is 256 g/mol. The average Bonchev–Trinajstić information content (AvgIpc) is 2.27. The molecule has 0 aromatic heterocycles. The highest BCUT2D eigenvalue weighted by atomic mass is 32.2. The molecular weight excluding hydrogens is 236 g/mol. The molecule has 0 saturated heterocycles. The molecule has 17 heavy (non-hydrogen) atoms. The van der Waals surface area contributed by atoms with E-state index in [1.165, 1.54) is 4.31 Å². The van der Waals surface area contributed by atoms with Gasteiger partial charge in [0.25, 0.3) is 0 Å². The summed E-state index contributed by atoms with van der Waals surface area (Å²) in [5.41, 5.74) is 1.98. The molecule has 0 unspecified atom stereocenters. The molecule has 0 spiro atoms. The summed E-state index contributed by atoms with van der Waals surface area (Å²) >= 11 is 0. The third kappa shape index (κ3) is 4.46. The van der Waals surface area contributed by atoms with Crippen LogP contribution in [0.2, 0.25) is 0 Å². The summed E-state index contributed by atoms with van der Waals surface area (Å²) in [6, 6.07) is 7.66. The van der Waals surface area contributed by atoms with Gasteiger partial charge < -0.3 is 5.32 Å². The molecule has 1 rings (SSSR count). The van der Waals surface area contributed by atoms with E-state index >= 15 is 0 Å². The van der Waals surface area contributed by atoms with E-state index in [1.54, 1.807) is 14.1 Å². The van der Waals surface area contributed by atoms with Crippen LogP contribution in [-0.2, 0) is 22.3 Å². The van der Waals surface area contributed by atoms with Crippen LogP contribution in [0.25, 0.3) is 0 Å². The van der Waals surface area contributed by atoms with Crippen molar-refractivity contribution in [3.63, 3.8) is 0 Å². The molecule has 1 aromatic carbocycles. The normalized spacial score (nSPS) is 12.0. The molecule has 0 atom stereocenters. The molecule has 0 bridgehead atoms. The zero-order valence-electron chi connectivity index (χ0n) is 10.6. The van der Waals surface area contributed by atoms with Crippen LogP contribution in [0, 0.1) is 0 Å². The van der Waals surface area contributed by atoms with E-state index in [9.17, 15) is 8.42 Å². The summed E-state index contributed by atoms with van der Waals surface area (Å²) in [6.45, 7) is 3.80. The highest BCUT2D eigenvalue weighted by Crippen LogP contribution is 2.10. The van der Waals surface area contributed by atoms with E-state index in [4.69, 9.17) is 0 Å². The van der Waals surface area contributed by atoms with E-state index in [0.717, 1.165) is 24.2 Å². The summed E-state index contributed by atoms with van der Waals surface area (Å²) in [4.78, 5) is 0. The van der Waals surface area contributed by atoms with E-state index in [-0.39, 0.29) is 5.75 Å². The van der Waals surface area contributed by atoms with Crippen molar-refractivity contribution in [1.29, 1.82) is 0 Å². The van der Waals surface area contributed by atoms with Gasteiger partial charge in [0, 0.05) is 20.6 Å². The predicted octanol–water partition coefficient (Wildman–Crippen LogP) is 1.19. The molecule has 1 N–H and O–H groups in total. The van der Waals surface area contributed by atoms with Crippen molar-refractivity contribution in [2.24, 2.45) is 0 Å². The third-order valence-corrected chi connectivity index (χ3v) is 4.32. The van der Waals surface area contributed by atoms with Crippen molar-refractivity contribution in [2.45, 2.75) is 19.2 Å². The second-order valence-electron chi connectivity index (χ2n) is 4.14. The minimum absolute atomic E-state index is 0.0570. The van der Waals surface area contributed by atoms with Gasteiger partial charge >= 0.3 is 0 Å². The minimum atomic E-state index is -3.16. The number of benzene rings is 1. The fourth-order valence-electron chi connectivity index (χ4n) is 1.36. The van der Waals surface area contributed by atoms with Gasteiger partial charge in [-0.1, -0.05) is 31.2 Å². The number of nitrogens with one attached hydrogen (secondary N) is 1. The quantitative estimate of drug-likeness (QED) is 0.831. The number of rotatable bonds is 6. The third-order valence-electron chi connectivity index (χ3n) is 2.51. The summed E-state index contributed by atoms with van der Waals surface area (Å²) in [5, 5.41) is 3.22. The standard InChI is InChI=1S/C12H20N2O2S/c1-4-13-9-11-5-7-12(8-6-11)10-17(15,16)14(2)3/h5-8,13H,4,9-10H2,1-3H3. The molecular formula is C12H20N2O2S. The van der Waals surface area contributed by atoms with Gasteiger partial charge in [-0.25, -0.2) is 12.7 Å². The molecule has 96 valence electrons. The smallest absolute Gasteiger partial charge is 0.217 e. The van der Waals surface area contributed by atoms with Crippen molar-refractivity contribution in [3.8, 4) is 0 Å². The lowest BCUT2D eigenvalue weighted by Gasteiger charge is -2.11. The molecule has 0 fully saturated rings. The van der Waals surface area contributed by atoms with Crippen LogP contribution in [0.3, 0.4) is 0 Å². The van der Waals surface area contributed by atoms with Gasteiger partial charge in [-0.05, 0) is 17.7 Å². The second kappa shape index (κ2) is 6.14. The van der Waals surface area contributed by atoms with Crippen molar-refractivity contribution in [3.05, 3.63) is 35.4 Å². The Labute approximate surface area is 104 Å². The minimum Gasteiger partial charge on any atom is -0.313 e. The molecule has 0 aliphatic rings. The summed E-state index contributed by atoms with van der Waals surface area (Å²) in [7, 11) is -0.0624. The molecule has 0 radical (unpaired) electrons. The van der Waals surface area contributed by atoms with E-state index < -0.39 is 10.0 Å². The molecule has 0 aliphatic heterocycles. The first-order valence-electron chi connectivity index (χ1n) is 5.64. The Morgan fingerprint density at radius 1 is 1.12 bits per heavy atom. The maximum atomic E-state index is 11.7. The van der Waals surface area contributed by atoms with Crippen LogP contribution >= 0.6 is 0 Å². The fourth-order valence-corrected chi connectivity index (χ4v) is 2.23. The van der Waals surface area contributed by atoms with Crippen LogP contribution in [0.4, 0.5) is 0 Å². The van der Waals surface area contributed by atoms with E-state index in [1.807, 2.05) is 24.3 Å². The second-order valence-corrected chi connectivity index (χ2v) is 6.32. The van der Waals surface area contributed by atoms with Gasteiger partial charge in [-0.2, -0.15) is 0 Å². The Bertz CT molecular complexity index is 438. The highest BCUT2D eigenvalue weighted by Gasteiger charge is 2.13. The summed E-state index contributed by atoms with van der Waals surface area (Å²) in [6.07, 6.45) is 0. The van der Waals surface area contributed by atoms with Crippen LogP contribution in [0.1, 0.15) is 18.1 Å². The van der Waals surface area contributed by atoms with Crippen LogP contribution < -0.4 is 5.32 Å².